The van der Waals surface area contributed by atoms with Gasteiger partial charge in [-0.3, -0.25) is 9.69 Å². The van der Waals surface area contributed by atoms with Crippen molar-refractivity contribution >= 4 is 68.1 Å². The van der Waals surface area contributed by atoms with Crippen molar-refractivity contribution in [3.63, 3.8) is 0 Å². The van der Waals surface area contributed by atoms with Crippen molar-refractivity contribution < 1.29 is 19.1 Å². The Bertz CT molecular complexity index is 1220. The van der Waals surface area contributed by atoms with E-state index in [9.17, 15) is 9.59 Å². The number of nitrogen functional groups attached to an aromatic ring is 1. The highest BCUT2D eigenvalue weighted by atomic mass is 79.9. The Morgan fingerprint density at radius 1 is 0.925 bits per heavy atom. The topological polar surface area (TPSA) is 93.9 Å². The number of carbonyl (C=O) groups excluding carboxylic acids is 2. The van der Waals surface area contributed by atoms with E-state index in [1.54, 1.807) is 24.3 Å². The molecule has 0 bridgehead atoms. The van der Waals surface area contributed by atoms with E-state index in [0.717, 1.165) is 30.0 Å². The number of nitrogens with two attached hydrogens (primary N) is 1. The summed E-state index contributed by atoms with van der Waals surface area (Å²) >= 11 is 15.5. The predicted molar refractivity (Wildman–Crippen MR) is 168 cm³/mol. The van der Waals surface area contributed by atoms with Crippen LogP contribution in [0.4, 0.5) is 17.1 Å². The van der Waals surface area contributed by atoms with Gasteiger partial charge in [-0.05, 0) is 83.8 Å². The van der Waals surface area contributed by atoms with Gasteiger partial charge in [-0.15, -0.1) is 0 Å². The number of hydrogen-bond acceptors (Lipinski definition) is 7. The van der Waals surface area contributed by atoms with Crippen LogP contribution in [0.25, 0.3) is 0 Å². The Morgan fingerprint density at radius 2 is 1.52 bits per heavy atom. The fourth-order valence-corrected chi connectivity index (χ4v) is 4.56. The fourth-order valence-electron chi connectivity index (χ4n) is 3.56. The lowest BCUT2D eigenvalue weighted by Gasteiger charge is -2.20. The van der Waals surface area contributed by atoms with Gasteiger partial charge in [-0.2, -0.15) is 0 Å². The van der Waals surface area contributed by atoms with Gasteiger partial charge < -0.3 is 20.5 Å². The number of para-hydroxylation sites is 2. The maximum Gasteiger partial charge on any atom is 0.338 e. The Morgan fingerprint density at radius 3 is 2.10 bits per heavy atom. The molecule has 216 valence electrons. The lowest BCUT2D eigenvalue weighted by atomic mass is 10.1. The van der Waals surface area contributed by atoms with Crippen molar-refractivity contribution in [3.8, 4) is 0 Å². The van der Waals surface area contributed by atoms with Crippen molar-refractivity contribution in [2.45, 2.75) is 40.2 Å². The van der Waals surface area contributed by atoms with Crippen molar-refractivity contribution in [2.75, 3.05) is 37.4 Å². The Kier molecular flexibility index (Phi) is 14.9. The van der Waals surface area contributed by atoms with Gasteiger partial charge in [-0.25, -0.2) is 4.79 Å². The molecule has 0 amide bonds. The smallest absolute Gasteiger partial charge is 0.338 e. The molecule has 0 aliphatic rings. The monoisotopic (exact) mass is 651 g/mol. The second kappa shape index (κ2) is 17.8. The number of unbranched alkanes of at least 4 members (excludes halogenated alkanes) is 1. The van der Waals surface area contributed by atoms with Gasteiger partial charge in [0.1, 0.15) is 0 Å². The summed E-state index contributed by atoms with van der Waals surface area (Å²) in [5, 5.41) is 4.41. The summed E-state index contributed by atoms with van der Waals surface area (Å²) in [6.45, 7) is 8.66. The lowest BCUT2D eigenvalue weighted by molar-refractivity contribution is -0.141. The Hall–Kier alpha value is -2.78. The SMILES string of the molecule is CCN(CC)Cc1cc(C(=O)OCCCCOC(C)=O)cc(Br)c1N.Clc1cccc(Cl)c1Nc1ccccc1. The van der Waals surface area contributed by atoms with E-state index in [1.807, 2.05) is 36.4 Å². The number of hydrogen-bond donors (Lipinski definition) is 2. The van der Waals surface area contributed by atoms with E-state index >= 15 is 0 Å². The molecular formula is C30H36BrCl2N3O4. The molecule has 3 aromatic rings. The molecule has 3 N–H and O–H groups in total. The standard InChI is InChI=1S/C18H27BrN2O4.C12H9Cl2N/c1-4-21(5-2)12-15-10-14(11-16(19)17(15)20)18(23)25-9-7-6-8-24-13(3)22;13-10-7-4-8-11(14)12(10)15-9-5-2-1-3-6-9/h10-11H,4-9,12,20H2,1-3H3;1-8,15H. The predicted octanol–water partition coefficient (Wildman–Crippen LogP) is 8.11. The molecule has 0 fully saturated rings. The van der Waals surface area contributed by atoms with Crippen molar-refractivity contribution in [1.82, 2.24) is 4.90 Å². The lowest BCUT2D eigenvalue weighted by Crippen LogP contribution is -2.23. The number of ether oxygens (including phenoxy) is 2. The normalized spacial score (nSPS) is 10.5. The first-order valence-corrected chi connectivity index (χ1v) is 14.6. The quantitative estimate of drug-likeness (QED) is 0.116. The summed E-state index contributed by atoms with van der Waals surface area (Å²) < 4.78 is 10.8. The van der Waals surface area contributed by atoms with Gasteiger partial charge in [0.25, 0.3) is 0 Å². The number of halogens is 3. The van der Waals surface area contributed by atoms with Crippen LogP contribution in [0.15, 0.2) is 65.1 Å². The highest BCUT2D eigenvalue weighted by Gasteiger charge is 2.15. The van der Waals surface area contributed by atoms with Crippen LogP contribution in [0.2, 0.25) is 10.0 Å². The zero-order valence-electron chi connectivity index (χ0n) is 23.0. The first-order valence-electron chi connectivity index (χ1n) is 13.0. The number of benzene rings is 3. The summed E-state index contributed by atoms with van der Waals surface area (Å²) in [4.78, 5) is 25.1. The summed E-state index contributed by atoms with van der Waals surface area (Å²) in [5.74, 6) is -0.682. The van der Waals surface area contributed by atoms with Crippen LogP contribution in [0.1, 0.15) is 49.5 Å². The summed E-state index contributed by atoms with van der Waals surface area (Å²) in [6, 6.07) is 18.7. The average molecular weight is 653 g/mol. The van der Waals surface area contributed by atoms with E-state index in [0.29, 0.717) is 51.8 Å². The molecule has 0 aliphatic heterocycles. The van der Waals surface area contributed by atoms with Crippen LogP contribution in [0, 0.1) is 0 Å². The summed E-state index contributed by atoms with van der Waals surface area (Å²) in [6.07, 6.45) is 1.30. The van der Waals surface area contributed by atoms with Gasteiger partial charge in [0.2, 0.25) is 0 Å². The van der Waals surface area contributed by atoms with Gasteiger partial charge in [-0.1, -0.05) is 61.3 Å². The minimum Gasteiger partial charge on any atom is -0.466 e. The molecule has 0 saturated carbocycles. The van der Waals surface area contributed by atoms with Gasteiger partial charge in [0.05, 0.1) is 40.2 Å². The van der Waals surface area contributed by atoms with E-state index in [4.69, 9.17) is 38.4 Å². The third-order valence-corrected chi connectivity index (χ3v) is 7.11. The average Bonchev–Trinajstić information content (AvgIpc) is 2.94. The van der Waals surface area contributed by atoms with Crippen molar-refractivity contribution in [2.24, 2.45) is 0 Å². The van der Waals surface area contributed by atoms with Crippen LogP contribution in [-0.2, 0) is 20.8 Å². The second-order valence-electron chi connectivity index (χ2n) is 8.76. The Balaban J connectivity index is 0.000000315. The first kappa shape index (κ1) is 33.4. The largest absolute Gasteiger partial charge is 0.466 e. The summed E-state index contributed by atoms with van der Waals surface area (Å²) in [7, 11) is 0. The number of anilines is 3. The van der Waals surface area contributed by atoms with Crippen molar-refractivity contribution in [1.29, 1.82) is 0 Å². The number of nitrogens with zero attached hydrogens (tertiary/aromatic N) is 1. The molecule has 0 aromatic heterocycles. The third kappa shape index (κ3) is 11.4. The molecule has 0 aliphatic carbocycles. The van der Waals surface area contributed by atoms with E-state index in [1.165, 1.54) is 6.92 Å². The molecular weight excluding hydrogens is 617 g/mol. The first-order chi connectivity index (χ1) is 19.2. The van der Waals surface area contributed by atoms with E-state index in [-0.39, 0.29) is 18.5 Å². The molecule has 3 aromatic carbocycles. The zero-order chi connectivity index (χ0) is 29.5. The van der Waals surface area contributed by atoms with E-state index < -0.39 is 0 Å². The molecule has 0 unspecified atom stereocenters. The highest BCUT2D eigenvalue weighted by Crippen LogP contribution is 2.32. The molecule has 10 heteroatoms. The van der Waals surface area contributed by atoms with Crippen LogP contribution < -0.4 is 11.1 Å². The maximum atomic E-state index is 12.2. The van der Waals surface area contributed by atoms with Crippen LogP contribution in [0.5, 0.6) is 0 Å². The third-order valence-electron chi connectivity index (χ3n) is 5.82. The van der Waals surface area contributed by atoms with Crippen molar-refractivity contribution in [3.05, 3.63) is 86.3 Å². The molecule has 40 heavy (non-hydrogen) atoms. The molecule has 0 saturated heterocycles. The number of rotatable bonds is 12. The molecule has 0 heterocycles. The fraction of sp³-hybridized carbons (Fsp3) is 0.333. The molecule has 3 rings (SSSR count). The van der Waals surface area contributed by atoms with Gasteiger partial charge in [0, 0.05) is 23.6 Å². The van der Waals surface area contributed by atoms with Crippen LogP contribution in [-0.4, -0.2) is 43.1 Å². The minimum atomic E-state index is -0.381. The molecule has 0 atom stereocenters. The maximum absolute atomic E-state index is 12.2. The highest BCUT2D eigenvalue weighted by molar-refractivity contribution is 9.10. The van der Waals surface area contributed by atoms with E-state index in [2.05, 4.69) is 40.0 Å². The summed E-state index contributed by atoms with van der Waals surface area (Å²) in [5.41, 5.74) is 9.85. The Labute approximate surface area is 255 Å². The number of esters is 2. The molecule has 0 radical (unpaired) electrons. The minimum absolute atomic E-state index is 0.285. The van der Waals surface area contributed by atoms with Gasteiger partial charge in [0.15, 0.2) is 0 Å². The number of carbonyl (C=O) groups is 2. The molecule has 0 spiro atoms. The van der Waals surface area contributed by atoms with Gasteiger partial charge >= 0.3 is 11.9 Å². The second-order valence-corrected chi connectivity index (χ2v) is 10.4. The zero-order valence-corrected chi connectivity index (χ0v) is 26.1. The molecule has 7 nitrogen and oxygen atoms in total. The van der Waals surface area contributed by atoms with Crippen LogP contribution >= 0.6 is 39.1 Å². The number of nitrogens with one attached hydrogen (secondary N) is 1. The van der Waals surface area contributed by atoms with Crippen LogP contribution in [0.3, 0.4) is 0 Å².